The Labute approximate surface area is 458 Å². The second-order valence-corrected chi connectivity index (χ2v) is 33.3. The second kappa shape index (κ2) is 20.7. The Morgan fingerprint density at radius 3 is 2.09 bits per heavy atom. The number of amides is 4. The number of sulfone groups is 1. The van der Waals surface area contributed by atoms with Gasteiger partial charge < -0.3 is 24.9 Å². The lowest BCUT2D eigenvalue weighted by atomic mass is 9.75. The molecule has 3 aliphatic carbocycles. The van der Waals surface area contributed by atoms with Crippen LogP contribution in [0.15, 0.2) is 35.1 Å². The number of carbonyl (C=O) groups excluding carboxylic acids is 4. The molecule has 9 atom stereocenters. The fourth-order valence-electron chi connectivity index (χ4n) is 13.6. The summed E-state index contributed by atoms with van der Waals surface area (Å²) in [5, 5.41) is 5.97. The van der Waals surface area contributed by atoms with Crippen molar-refractivity contribution in [3.05, 3.63) is 53.5 Å². The first-order chi connectivity index (χ1) is 35.6. The summed E-state index contributed by atoms with van der Waals surface area (Å²) in [5.41, 5.74) is -0.0401. The van der Waals surface area contributed by atoms with Crippen molar-refractivity contribution in [3.63, 3.8) is 0 Å². The van der Waals surface area contributed by atoms with Gasteiger partial charge in [0.15, 0.2) is 15.8 Å². The van der Waals surface area contributed by atoms with Crippen LogP contribution in [0.4, 0.5) is 0 Å². The van der Waals surface area contributed by atoms with E-state index >= 15 is 0 Å². The molecule has 5 unspecified atom stereocenters. The van der Waals surface area contributed by atoms with E-state index in [9.17, 15) is 40.2 Å². The molecule has 9 aliphatic rings. The molecule has 3 N–H and O–H groups in total. The molecule has 0 bridgehead atoms. The number of likely N-dealkylation sites (tertiary alicyclic amines) is 5. The number of sulfonamides is 1. The van der Waals surface area contributed by atoms with Gasteiger partial charge in [0.05, 0.1) is 27.0 Å². The minimum absolute atomic E-state index is 0.0251. The number of hydrogen-bond donors (Lipinski definition) is 3. The number of thiophene rings is 2. The molecular formula is C50H68Cl2N8O10S5. The highest BCUT2D eigenvalue weighted by Crippen LogP contribution is 2.67. The maximum absolute atomic E-state index is 14.6. The highest BCUT2D eigenvalue weighted by atomic mass is 35.5. The van der Waals surface area contributed by atoms with Gasteiger partial charge in [0.2, 0.25) is 33.7 Å². The van der Waals surface area contributed by atoms with Crippen LogP contribution in [0.2, 0.25) is 8.67 Å². The van der Waals surface area contributed by atoms with E-state index < -0.39 is 46.7 Å². The first kappa shape index (κ1) is 54.2. The molecule has 6 saturated heterocycles. The number of nitrogens with one attached hydrogen (secondary N) is 3. The van der Waals surface area contributed by atoms with Gasteiger partial charge in [-0.15, -0.1) is 22.7 Å². The molecule has 11 rings (SSSR count). The molecule has 0 aromatic carbocycles. The van der Waals surface area contributed by atoms with E-state index in [0.717, 1.165) is 48.8 Å². The van der Waals surface area contributed by atoms with Crippen LogP contribution in [0.1, 0.15) is 80.4 Å². The first-order valence-electron chi connectivity index (χ1n) is 26.4. The number of nitrogens with zero attached hydrogens (tertiary/aromatic N) is 5. The third-order valence-corrected chi connectivity index (χ3v) is 25.4. The quantitative estimate of drug-likeness (QED) is 0.169. The van der Waals surface area contributed by atoms with E-state index in [1.54, 1.807) is 29.2 Å². The van der Waals surface area contributed by atoms with E-state index in [2.05, 4.69) is 19.7 Å². The molecule has 3 saturated carbocycles. The van der Waals surface area contributed by atoms with Crippen molar-refractivity contribution < 1.29 is 44.4 Å². The van der Waals surface area contributed by atoms with Crippen LogP contribution in [0, 0.1) is 29.1 Å². The SMILES string of the molecule is CS(=O)(=O)C1CCN(C[C@@H]2C3C[C@@]3(C3CCC(NCC4C5CC5CN4C(=O)CN4CCC[C@H](NS(=O)(=O)/C=C/c5ccc(Cl)s5)C4=O)CC3)CN2C(=O)CN2CCC[C@H](NS3(=O)(/C=C/c4ccc(Cl)s4)CO3)C2=O)C1. The third kappa shape index (κ3) is 11.8. The lowest BCUT2D eigenvalue weighted by Crippen LogP contribution is -2.57. The number of piperidine rings is 4. The van der Waals surface area contributed by atoms with Gasteiger partial charge in [-0.25, -0.2) is 25.7 Å². The molecule has 75 heavy (non-hydrogen) atoms. The van der Waals surface area contributed by atoms with Crippen LogP contribution in [-0.2, 0) is 52.8 Å². The average molecular weight is 1170 g/mol. The Morgan fingerprint density at radius 1 is 0.827 bits per heavy atom. The molecule has 4 amide bonds. The van der Waals surface area contributed by atoms with Gasteiger partial charge in [0.25, 0.3) is 0 Å². The van der Waals surface area contributed by atoms with E-state index in [1.807, 2.05) is 15.9 Å². The maximum atomic E-state index is 14.6. The van der Waals surface area contributed by atoms with Crippen LogP contribution >= 0.6 is 45.9 Å². The third-order valence-electron chi connectivity index (χ3n) is 17.9. The molecule has 0 radical (unpaired) electrons. The smallest absolute Gasteiger partial charge is 0.242 e. The van der Waals surface area contributed by atoms with Crippen molar-refractivity contribution in [2.75, 3.05) is 77.6 Å². The molecule has 412 valence electrons. The molecule has 25 heteroatoms. The topological polar surface area (TPSA) is 218 Å². The number of hydrogen-bond acceptors (Lipinski definition) is 14. The van der Waals surface area contributed by atoms with Crippen LogP contribution < -0.4 is 14.8 Å². The van der Waals surface area contributed by atoms with Gasteiger partial charge in [-0.3, -0.25) is 24.1 Å². The summed E-state index contributed by atoms with van der Waals surface area (Å²) in [6, 6.07) is 5.47. The van der Waals surface area contributed by atoms with Gasteiger partial charge in [0, 0.05) is 90.8 Å². The molecule has 6 aliphatic heterocycles. The van der Waals surface area contributed by atoms with Gasteiger partial charge >= 0.3 is 0 Å². The Hall–Kier alpha value is -2.81. The molecule has 0 spiro atoms. The Kier molecular flexibility index (Phi) is 14.9. The molecule has 18 nitrogen and oxygen atoms in total. The number of carbonyl (C=O) groups is 4. The van der Waals surface area contributed by atoms with Gasteiger partial charge in [-0.1, -0.05) is 32.7 Å². The normalized spacial score (nSPS) is 35.0. The summed E-state index contributed by atoms with van der Waals surface area (Å²) < 4.78 is 77.4. The van der Waals surface area contributed by atoms with E-state index in [4.69, 9.17) is 27.4 Å². The highest BCUT2D eigenvalue weighted by Gasteiger charge is 2.68. The van der Waals surface area contributed by atoms with Crippen LogP contribution in [0.3, 0.4) is 0 Å². The minimum Gasteiger partial charge on any atom is -0.336 e. The summed E-state index contributed by atoms with van der Waals surface area (Å²) in [5.74, 6) is 0.647. The second-order valence-electron chi connectivity index (χ2n) is 22.8. The van der Waals surface area contributed by atoms with Gasteiger partial charge in [-0.05, 0) is 143 Å². The fourth-order valence-corrected chi connectivity index (χ4v) is 19.9. The average Bonchev–Trinajstić information content (AvgIpc) is 4.18. The Balaban J connectivity index is 0.689. The molecular weight excluding hydrogens is 1100 g/mol. The van der Waals surface area contributed by atoms with Gasteiger partial charge in [0.1, 0.15) is 12.1 Å². The fraction of sp³-hybridized carbons (Fsp3) is 0.680. The maximum Gasteiger partial charge on any atom is 0.242 e. The van der Waals surface area contributed by atoms with Crippen molar-refractivity contribution in [2.45, 2.75) is 106 Å². The van der Waals surface area contributed by atoms with Crippen molar-refractivity contribution in [3.8, 4) is 0 Å². The molecule has 2 aromatic heterocycles. The summed E-state index contributed by atoms with van der Waals surface area (Å²) in [4.78, 5) is 66.9. The lowest BCUT2D eigenvalue weighted by molar-refractivity contribution is -0.144. The summed E-state index contributed by atoms with van der Waals surface area (Å²) >= 11 is 14.7. The van der Waals surface area contributed by atoms with E-state index in [-0.39, 0.29) is 72.1 Å². The predicted octanol–water partition coefficient (Wildman–Crippen LogP) is 4.22. The first-order valence-corrected chi connectivity index (χ1v) is 34.5. The van der Waals surface area contributed by atoms with E-state index in [0.29, 0.717) is 116 Å². The zero-order chi connectivity index (χ0) is 52.7. The number of fused-ring (bicyclic) bond motifs is 2. The lowest BCUT2D eigenvalue weighted by Gasteiger charge is -2.38. The summed E-state index contributed by atoms with van der Waals surface area (Å²) in [6.45, 7) is 4.26. The monoisotopic (exact) mass is 1170 g/mol. The van der Waals surface area contributed by atoms with Crippen LogP contribution in [0.5, 0.6) is 0 Å². The molecule has 2 aromatic rings. The Bertz CT molecular complexity index is 2940. The zero-order valence-corrected chi connectivity index (χ0v) is 47.7. The highest BCUT2D eigenvalue weighted by molar-refractivity contribution is 8.21. The predicted molar refractivity (Wildman–Crippen MR) is 292 cm³/mol. The van der Waals surface area contributed by atoms with Crippen molar-refractivity contribution in [1.82, 2.24) is 39.3 Å². The number of halogens is 2. The van der Waals surface area contributed by atoms with Crippen molar-refractivity contribution >= 4 is 111 Å². The molecule has 9 fully saturated rings. The largest absolute Gasteiger partial charge is 0.336 e. The minimum atomic E-state index is -3.93. The van der Waals surface area contributed by atoms with Crippen molar-refractivity contribution in [2.24, 2.45) is 29.1 Å². The van der Waals surface area contributed by atoms with Crippen LogP contribution in [-0.4, -0.2) is 182 Å². The van der Waals surface area contributed by atoms with Gasteiger partial charge in [-0.2, -0.15) is 8.93 Å². The zero-order valence-electron chi connectivity index (χ0n) is 42.1. The molecule has 8 heterocycles. The van der Waals surface area contributed by atoms with Crippen LogP contribution in [0.25, 0.3) is 12.2 Å². The summed E-state index contributed by atoms with van der Waals surface area (Å²) in [6.07, 6.45) is 13.1. The van der Waals surface area contributed by atoms with E-state index in [1.165, 1.54) is 45.3 Å². The van der Waals surface area contributed by atoms with Crippen molar-refractivity contribution in [1.29, 1.82) is 0 Å². The standard InChI is InChI=1S/C50H68Cl2N8O10S5/c1-73(65,66)37-14-19-56(26-37)27-43-39-23-50(39,30-60(43)47(62)29-58-18-3-5-41(49(58)64)55-75(69,31-70-75)21-16-36-11-13-45(52)72-36)33-6-8-34(9-7-33)53-24-42-38-22-32(38)25-59(42)46(61)28-57-17-2-4-40(48(57)63)54-74(67,68)20-15-35-10-12-44(51)71-35/h10-13,15-16,20-21,32-34,37-43,53-54H,2-9,14,17-19,22-31H2,1H3,(H,55,69)/b20-15+,21-16+/t32?,33?,34?,37?,38?,39?,40-,41-,42?,43+,50-/m0/s1. The Morgan fingerprint density at radius 2 is 1.47 bits per heavy atom. The number of rotatable bonds is 19. The summed E-state index contributed by atoms with van der Waals surface area (Å²) in [7, 11) is -11.0.